The van der Waals surface area contributed by atoms with Gasteiger partial charge in [0.1, 0.15) is 23.9 Å². The van der Waals surface area contributed by atoms with Crippen molar-refractivity contribution < 1.29 is 40.2 Å². The maximum atomic E-state index is 13.3. The molecule has 0 bridgehead atoms. The lowest BCUT2D eigenvalue weighted by molar-refractivity contribution is -0.274. The summed E-state index contributed by atoms with van der Waals surface area (Å²) in [6.07, 6.45) is -4.86. The zero-order valence-corrected chi connectivity index (χ0v) is 19.1. The first-order valence-corrected chi connectivity index (χ1v) is 11.6. The number of benzene rings is 3. The van der Waals surface area contributed by atoms with Crippen molar-refractivity contribution in [1.29, 1.82) is 0 Å². The lowest BCUT2D eigenvalue weighted by atomic mass is 10.3. The van der Waals surface area contributed by atoms with Crippen LogP contribution in [0.1, 0.15) is 6.92 Å². The fourth-order valence-corrected chi connectivity index (χ4v) is 4.42. The highest BCUT2D eigenvalue weighted by Crippen LogP contribution is 2.27. The van der Waals surface area contributed by atoms with Gasteiger partial charge in [0.15, 0.2) is 0 Å². The molecule has 3 aromatic rings. The van der Waals surface area contributed by atoms with Crippen LogP contribution in [0.25, 0.3) is 0 Å². The number of carbonyl (C=O) groups is 1. The zero-order valence-electron chi connectivity index (χ0n) is 18.3. The average Bonchev–Trinajstić information content (AvgIpc) is 2.79. The van der Waals surface area contributed by atoms with Gasteiger partial charge in [0.05, 0.1) is 17.2 Å². The second kappa shape index (κ2) is 10.6. The highest BCUT2D eigenvalue weighted by atomic mass is 32.2. The molecule has 0 atom stereocenters. The number of hydrogen-bond donors (Lipinski definition) is 1. The SMILES string of the molecule is CCOc1ccc(N(CC(=O)Nc2ccc(OC(F)(F)F)cc2)S(=O)(=O)c2ccc(F)cc2)cc1. The van der Waals surface area contributed by atoms with E-state index in [1.807, 2.05) is 0 Å². The van der Waals surface area contributed by atoms with Gasteiger partial charge in [0.2, 0.25) is 5.91 Å². The van der Waals surface area contributed by atoms with Gasteiger partial charge in [-0.2, -0.15) is 0 Å². The standard InChI is InChI=1S/C23H20F4N2O5S/c1-2-33-19-11-7-18(8-12-19)29(35(31,32)21-13-3-16(24)4-14-21)15-22(30)28-17-5-9-20(10-6-17)34-23(25,26)27/h3-14H,2,15H2,1H3,(H,28,30). The molecular weight excluding hydrogens is 492 g/mol. The van der Waals surface area contributed by atoms with E-state index in [4.69, 9.17) is 4.74 Å². The summed E-state index contributed by atoms with van der Waals surface area (Å²) in [7, 11) is -4.29. The van der Waals surface area contributed by atoms with Gasteiger partial charge >= 0.3 is 6.36 Å². The summed E-state index contributed by atoms with van der Waals surface area (Å²) in [6, 6.07) is 14.4. The Kier molecular flexibility index (Phi) is 7.85. The largest absolute Gasteiger partial charge is 0.573 e. The molecule has 0 heterocycles. The Balaban J connectivity index is 1.85. The molecule has 3 rings (SSSR count). The van der Waals surface area contributed by atoms with Gasteiger partial charge in [-0.3, -0.25) is 9.10 Å². The highest BCUT2D eigenvalue weighted by molar-refractivity contribution is 7.92. The Labute approximate surface area is 198 Å². The van der Waals surface area contributed by atoms with Crippen LogP contribution in [0.4, 0.5) is 28.9 Å². The summed E-state index contributed by atoms with van der Waals surface area (Å²) >= 11 is 0. The van der Waals surface area contributed by atoms with Crippen molar-refractivity contribution in [2.45, 2.75) is 18.2 Å². The first-order chi connectivity index (χ1) is 16.5. The van der Waals surface area contributed by atoms with Crippen molar-refractivity contribution in [1.82, 2.24) is 0 Å². The summed E-state index contributed by atoms with van der Waals surface area (Å²) in [6.45, 7) is 1.51. The summed E-state index contributed by atoms with van der Waals surface area (Å²) in [5.74, 6) is -1.40. The van der Waals surface area contributed by atoms with E-state index >= 15 is 0 Å². The topological polar surface area (TPSA) is 84.9 Å². The van der Waals surface area contributed by atoms with Crippen LogP contribution < -0.4 is 19.1 Å². The molecule has 0 saturated heterocycles. The highest BCUT2D eigenvalue weighted by Gasteiger charge is 2.31. The number of halogens is 4. The van der Waals surface area contributed by atoms with Crippen molar-refractivity contribution in [2.24, 2.45) is 0 Å². The quantitative estimate of drug-likeness (QED) is 0.410. The molecule has 0 radical (unpaired) electrons. The predicted octanol–water partition coefficient (Wildman–Crippen LogP) is 4.96. The third-order valence-corrected chi connectivity index (χ3v) is 6.28. The van der Waals surface area contributed by atoms with Crippen LogP contribution in [-0.4, -0.2) is 33.8 Å². The van der Waals surface area contributed by atoms with Gasteiger partial charge in [-0.1, -0.05) is 0 Å². The van der Waals surface area contributed by atoms with Gasteiger partial charge in [0.25, 0.3) is 10.0 Å². The molecule has 0 aliphatic carbocycles. The van der Waals surface area contributed by atoms with Crippen molar-refractivity contribution in [2.75, 3.05) is 22.8 Å². The van der Waals surface area contributed by atoms with E-state index in [-0.39, 0.29) is 16.3 Å². The molecule has 0 aliphatic rings. The normalized spacial score (nSPS) is 11.6. The van der Waals surface area contributed by atoms with Gasteiger partial charge in [-0.05, 0) is 79.7 Å². The first-order valence-electron chi connectivity index (χ1n) is 10.1. The molecule has 0 saturated carbocycles. The Morgan fingerprint density at radius 3 is 2.03 bits per heavy atom. The Hall–Kier alpha value is -3.80. The van der Waals surface area contributed by atoms with Gasteiger partial charge in [-0.15, -0.1) is 13.2 Å². The van der Waals surface area contributed by atoms with Crippen molar-refractivity contribution in [3.8, 4) is 11.5 Å². The van der Waals surface area contributed by atoms with Crippen molar-refractivity contribution >= 4 is 27.3 Å². The second-order valence-electron chi connectivity index (χ2n) is 7.01. The van der Waals surface area contributed by atoms with Crippen LogP contribution in [0.5, 0.6) is 11.5 Å². The number of nitrogens with zero attached hydrogens (tertiary/aromatic N) is 1. The number of anilines is 2. The Bertz CT molecular complexity index is 1250. The molecule has 0 aliphatic heterocycles. The summed E-state index contributed by atoms with van der Waals surface area (Å²) in [5, 5.41) is 2.43. The van der Waals surface area contributed by atoms with E-state index < -0.39 is 40.4 Å². The third kappa shape index (κ3) is 7.09. The number of rotatable bonds is 9. The lowest BCUT2D eigenvalue weighted by Crippen LogP contribution is -2.38. The van der Waals surface area contributed by atoms with Crippen molar-refractivity contribution in [3.05, 3.63) is 78.6 Å². The molecule has 1 amide bonds. The predicted molar refractivity (Wildman–Crippen MR) is 120 cm³/mol. The van der Waals surface area contributed by atoms with Gasteiger partial charge in [-0.25, -0.2) is 12.8 Å². The van der Waals surface area contributed by atoms with E-state index in [1.165, 1.54) is 36.4 Å². The molecule has 0 fully saturated rings. The lowest BCUT2D eigenvalue weighted by Gasteiger charge is -2.24. The molecule has 1 N–H and O–H groups in total. The Morgan fingerprint density at radius 1 is 0.914 bits per heavy atom. The van der Waals surface area contributed by atoms with E-state index in [0.29, 0.717) is 12.4 Å². The van der Waals surface area contributed by atoms with Crippen LogP contribution in [0.15, 0.2) is 77.7 Å². The summed E-state index contributed by atoms with van der Waals surface area (Å²) in [4.78, 5) is 12.5. The fourth-order valence-electron chi connectivity index (χ4n) is 3.00. The van der Waals surface area contributed by atoms with Crippen LogP contribution in [0.3, 0.4) is 0 Å². The summed E-state index contributed by atoms with van der Waals surface area (Å²) < 4.78 is 86.8. The van der Waals surface area contributed by atoms with Gasteiger partial charge < -0.3 is 14.8 Å². The third-order valence-electron chi connectivity index (χ3n) is 4.50. The molecule has 0 unspecified atom stereocenters. The number of hydrogen-bond acceptors (Lipinski definition) is 5. The minimum Gasteiger partial charge on any atom is -0.494 e. The monoisotopic (exact) mass is 512 g/mol. The van der Waals surface area contributed by atoms with E-state index in [1.54, 1.807) is 6.92 Å². The summed E-state index contributed by atoms with van der Waals surface area (Å²) in [5.41, 5.74) is 0.261. The Morgan fingerprint density at radius 2 is 1.49 bits per heavy atom. The molecular formula is C23H20F4N2O5S. The minimum absolute atomic E-state index is 0.121. The van der Waals surface area contributed by atoms with Crippen LogP contribution in [0, 0.1) is 5.82 Å². The number of sulfonamides is 1. The van der Waals surface area contributed by atoms with Crippen LogP contribution in [-0.2, 0) is 14.8 Å². The van der Waals surface area contributed by atoms with Crippen molar-refractivity contribution in [3.63, 3.8) is 0 Å². The first kappa shape index (κ1) is 25.8. The molecule has 0 aromatic heterocycles. The molecule has 186 valence electrons. The molecule has 3 aromatic carbocycles. The number of amides is 1. The smallest absolute Gasteiger partial charge is 0.494 e. The molecule has 0 spiro atoms. The number of carbonyl (C=O) groups excluding carboxylic acids is 1. The van der Waals surface area contributed by atoms with Crippen LogP contribution >= 0.6 is 0 Å². The van der Waals surface area contributed by atoms with Gasteiger partial charge in [0, 0.05) is 5.69 Å². The second-order valence-corrected chi connectivity index (χ2v) is 8.88. The maximum Gasteiger partial charge on any atom is 0.573 e. The number of nitrogens with one attached hydrogen (secondary N) is 1. The maximum absolute atomic E-state index is 13.3. The van der Waals surface area contributed by atoms with E-state index in [2.05, 4.69) is 10.1 Å². The van der Waals surface area contributed by atoms with E-state index in [9.17, 15) is 30.8 Å². The molecule has 35 heavy (non-hydrogen) atoms. The molecule has 12 heteroatoms. The minimum atomic E-state index is -4.86. The fraction of sp³-hybridized carbons (Fsp3) is 0.174. The average molecular weight is 512 g/mol. The zero-order chi connectivity index (χ0) is 25.6. The van der Waals surface area contributed by atoms with Crippen LogP contribution in [0.2, 0.25) is 0 Å². The number of ether oxygens (including phenoxy) is 2. The number of alkyl halides is 3. The molecule has 7 nitrogen and oxygen atoms in total. The van der Waals surface area contributed by atoms with E-state index in [0.717, 1.165) is 40.7 Å².